The van der Waals surface area contributed by atoms with Crippen LogP contribution in [0.5, 0.6) is 0 Å². The highest BCUT2D eigenvalue weighted by Crippen LogP contribution is 2.32. The molecule has 1 aliphatic heterocycles. The minimum atomic E-state index is -4.27. The van der Waals surface area contributed by atoms with E-state index in [1.54, 1.807) is 0 Å². The monoisotopic (exact) mass is 332 g/mol. The lowest BCUT2D eigenvalue weighted by molar-refractivity contribution is -0.126. The van der Waals surface area contributed by atoms with Gasteiger partial charge >= 0.3 is 11.9 Å². The molecule has 0 radical (unpaired) electrons. The van der Waals surface area contributed by atoms with Crippen molar-refractivity contribution in [2.75, 3.05) is 18.4 Å². The molecule has 1 saturated heterocycles. The number of rotatable bonds is 3. The molecule has 3 N–H and O–H groups in total. The molecule has 0 aromatic carbocycles. The molecule has 1 aliphatic rings. The fraction of sp³-hybridized carbons (Fsp3) is 0.538. The van der Waals surface area contributed by atoms with E-state index in [9.17, 15) is 18.0 Å². The zero-order valence-corrected chi connectivity index (χ0v) is 12.4. The van der Waals surface area contributed by atoms with Gasteiger partial charge in [0.25, 0.3) is 0 Å². The number of anilines is 1. The molecule has 0 spiro atoms. The molecule has 5 nitrogen and oxygen atoms in total. The maximum Gasteiger partial charge on any atom is 0.393 e. The van der Waals surface area contributed by atoms with Gasteiger partial charge < -0.3 is 10.6 Å². The average Bonchev–Trinajstić information content (AvgIpc) is 2.80. The van der Waals surface area contributed by atoms with Crippen LogP contribution in [0.15, 0.2) is 10.9 Å². The highest BCUT2D eigenvalue weighted by molar-refractivity contribution is 7.18. The van der Waals surface area contributed by atoms with Crippen LogP contribution in [-0.2, 0) is 6.42 Å². The van der Waals surface area contributed by atoms with Crippen molar-refractivity contribution >= 4 is 27.4 Å². The number of H-pyrrole nitrogens is 1. The van der Waals surface area contributed by atoms with E-state index in [0.29, 0.717) is 16.0 Å². The van der Waals surface area contributed by atoms with Crippen LogP contribution in [0.25, 0.3) is 10.2 Å². The molecule has 3 heterocycles. The molecule has 2 aromatic rings. The highest BCUT2D eigenvalue weighted by atomic mass is 32.1. The van der Waals surface area contributed by atoms with Gasteiger partial charge in [0, 0.05) is 10.9 Å². The van der Waals surface area contributed by atoms with E-state index in [4.69, 9.17) is 0 Å². The topological polar surface area (TPSA) is 69.8 Å². The van der Waals surface area contributed by atoms with Gasteiger partial charge in [-0.15, -0.1) is 11.3 Å². The second kappa shape index (κ2) is 5.88. The number of piperidine rings is 1. The van der Waals surface area contributed by atoms with E-state index < -0.39 is 18.3 Å². The Balaban J connectivity index is 1.92. The first kappa shape index (κ1) is 15.3. The Kier molecular flexibility index (Phi) is 4.09. The van der Waals surface area contributed by atoms with Crippen molar-refractivity contribution in [2.24, 2.45) is 0 Å². The van der Waals surface area contributed by atoms with Gasteiger partial charge in [0.05, 0.1) is 11.8 Å². The van der Waals surface area contributed by atoms with Crippen LogP contribution in [-0.4, -0.2) is 35.3 Å². The number of alkyl halides is 3. The Labute approximate surface area is 127 Å². The van der Waals surface area contributed by atoms with Crippen molar-refractivity contribution in [3.8, 4) is 0 Å². The molecule has 120 valence electrons. The number of hydrogen-bond acceptors (Lipinski definition) is 5. The number of fused-ring (bicyclic) bond motifs is 1. The van der Waals surface area contributed by atoms with Gasteiger partial charge in [-0.05, 0) is 32.0 Å². The lowest BCUT2D eigenvalue weighted by Crippen LogP contribution is -2.36. The first-order chi connectivity index (χ1) is 10.4. The van der Waals surface area contributed by atoms with E-state index in [1.807, 2.05) is 0 Å². The molecule has 0 aliphatic carbocycles. The first-order valence-corrected chi connectivity index (χ1v) is 7.79. The standard InChI is InChI=1S/C13H15F3N4OS/c14-13(15,16)6-8-5-9-10(18-7-1-3-17-4-2-7)19-12(21)20-11(9)22-8/h5,7,17H,1-4,6H2,(H2,18,19,20,21). The Bertz CT molecular complexity index is 718. The third-order valence-corrected chi connectivity index (χ3v) is 4.56. The van der Waals surface area contributed by atoms with Gasteiger partial charge in [-0.25, -0.2) is 4.79 Å². The third-order valence-electron chi connectivity index (χ3n) is 3.53. The molecular weight excluding hydrogens is 317 g/mol. The third kappa shape index (κ3) is 3.58. The van der Waals surface area contributed by atoms with Crippen LogP contribution >= 0.6 is 11.3 Å². The minimum absolute atomic E-state index is 0.155. The van der Waals surface area contributed by atoms with Crippen LogP contribution < -0.4 is 16.3 Å². The number of aromatic amines is 1. The summed E-state index contributed by atoms with van der Waals surface area (Å²) in [6, 6.07) is 1.65. The molecule has 0 bridgehead atoms. The number of nitrogens with zero attached hydrogens (tertiary/aromatic N) is 1. The lowest BCUT2D eigenvalue weighted by atomic mass is 10.1. The summed E-state index contributed by atoms with van der Waals surface area (Å²) in [6.45, 7) is 1.75. The van der Waals surface area contributed by atoms with Gasteiger partial charge in [-0.2, -0.15) is 18.2 Å². The fourth-order valence-corrected chi connectivity index (χ4v) is 3.62. The summed E-state index contributed by atoms with van der Waals surface area (Å²) in [5, 5.41) is 7.01. The number of thiophene rings is 1. The molecule has 2 aromatic heterocycles. The molecule has 3 rings (SSSR count). The van der Waals surface area contributed by atoms with Gasteiger partial charge in [-0.3, -0.25) is 4.98 Å². The predicted octanol–water partition coefficient (Wildman–Crippen LogP) is 2.25. The van der Waals surface area contributed by atoms with Crippen molar-refractivity contribution in [1.82, 2.24) is 15.3 Å². The molecular formula is C13H15F3N4OS. The first-order valence-electron chi connectivity index (χ1n) is 6.97. The van der Waals surface area contributed by atoms with Crippen molar-refractivity contribution in [1.29, 1.82) is 0 Å². The Morgan fingerprint density at radius 3 is 2.77 bits per heavy atom. The molecule has 0 saturated carbocycles. The number of nitrogens with one attached hydrogen (secondary N) is 3. The second-order valence-electron chi connectivity index (χ2n) is 5.31. The zero-order chi connectivity index (χ0) is 15.7. The van der Waals surface area contributed by atoms with E-state index in [2.05, 4.69) is 20.6 Å². The van der Waals surface area contributed by atoms with Crippen LogP contribution in [0.2, 0.25) is 0 Å². The van der Waals surface area contributed by atoms with Crippen LogP contribution in [0.1, 0.15) is 17.7 Å². The number of hydrogen-bond donors (Lipinski definition) is 3. The Morgan fingerprint density at radius 1 is 1.36 bits per heavy atom. The largest absolute Gasteiger partial charge is 0.393 e. The van der Waals surface area contributed by atoms with Crippen molar-refractivity contribution < 1.29 is 13.2 Å². The quantitative estimate of drug-likeness (QED) is 0.806. The molecule has 0 unspecified atom stereocenters. The number of halogens is 3. The Hall–Kier alpha value is -1.61. The fourth-order valence-electron chi connectivity index (χ4n) is 2.56. The van der Waals surface area contributed by atoms with Crippen LogP contribution in [0, 0.1) is 0 Å². The molecule has 0 atom stereocenters. The highest BCUT2D eigenvalue weighted by Gasteiger charge is 2.29. The Morgan fingerprint density at radius 2 is 2.09 bits per heavy atom. The minimum Gasteiger partial charge on any atom is -0.368 e. The summed E-state index contributed by atoms with van der Waals surface area (Å²) in [5.41, 5.74) is -0.552. The lowest BCUT2D eigenvalue weighted by Gasteiger charge is -2.24. The summed E-state index contributed by atoms with van der Waals surface area (Å²) >= 11 is 0.911. The summed E-state index contributed by atoms with van der Waals surface area (Å²) in [4.78, 5) is 18.5. The van der Waals surface area contributed by atoms with Gasteiger partial charge in [0.15, 0.2) is 0 Å². The predicted molar refractivity (Wildman–Crippen MR) is 79.5 cm³/mol. The molecule has 9 heteroatoms. The molecule has 1 fully saturated rings. The number of aromatic nitrogens is 2. The van der Waals surface area contributed by atoms with E-state index >= 15 is 0 Å². The van der Waals surface area contributed by atoms with E-state index in [-0.39, 0.29) is 10.9 Å². The molecule has 22 heavy (non-hydrogen) atoms. The maximum atomic E-state index is 12.5. The van der Waals surface area contributed by atoms with Gasteiger partial charge in [0.1, 0.15) is 10.6 Å². The summed E-state index contributed by atoms with van der Waals surface area (Å²) in [6.07, 6.45) is -3.49. The van der Waals surface area contributed by atoms with Gasteiger partial charge in [0.2, 0.25) is 0 Å². The zero-order valence-electron chi connectivity index (χ0n) is 11.6. The molecule has 0 amide bonds. The average molecular weight is 332 g/mol. The maximum absolute atomic E-state index is 12.5. The van der Waals surface area contributed by atoms with Crippen molar-refractivity contribution in [2.45, 2.75) is 31.5 Å². The van der Waals surface area contributed by atoms with Crippen molar-refractivity contribution in [3.63, 3.8) is 0 Å². The SMILES string of the molecule is O=c1nc2sc(CC(F)(F)F)cc2c(NC2CCNCC2)[nH]1. The smallest absolute Gasteiger partial charge is 0.368 e. The summed E-state index contributed by atoms with van der Waals surface area (Å²) < 4.78 is 37.5. The normalized spacial score (nSPS) is 17.0. The van der Waals surface area contributed by atoms with Crippen LogP contribution in [0.3, 0.4) is 0 Å². The van der Waals surface area contributed by atoms with E-state index in [0.717, 1.165) is 37.3 Å². The van der Waals surface area contributed by atoms with Gasteiger partial charge in [-0.1, -0.05) is 0 Å². The van der Waals surface area contributed by atoms with Crippen molar-refractivity contribution in [3.05, 3.63) is 21.4 Å². The summed E-state index contributed by atoms with van der Waals surface area (Å²) in [7, 11) is 0. The second-order valence-corrected chi connectivity index (χ2v) is 6.42. The summed E-state index contributed by atoms with van der Waals surface area (Å²) in [5.74, 6) is 0.464. The van der Waals surface area contributed by atoms with E-state index in [1.165, 1.54) is 6.07 Å². The van der Waals surface area contributed by atoms with Crippen LogP contribution in [0.4, 0.5) is 19.0 Å².